The molecule has 2 aromatic rings. The SMILES string of the molecule is CCOC(=O)C1=C(N)OC2=C(C(=O)CC(c3ccco3)C2)C12C(=O)N(CC)c1ccccc12. The summed E-state index contributed by atoms with van der Waals surface area (Å²) in [6.07, 6.45) is 1.99. The standard InChI is InChI=1S/C25H24N2O6/c1-3-27-16-9-6-5-8-15(16)25(24(27)30)20-17(28)12-14(18-10-7-11-32-18)13-19(20)33-22(26)21(25)23(29)31-4-2/h5-11,14H,3-4,12-13,26H2,1-2H3. The Balaban J connectivity index is 1.78. The maximum absolute atomic E-state index is 14.1. The van der Waals surface area contributed by atoms with Crippen LogP contribution in [-0.4, -0.2) is 30.8 Å². The predicted octanol–water partition coefficient (Wildman–Crippen LogP) is 3.05. The monoisotopic (exact) mass is 448 g/mol. The molecular formula is C25H24N2O6. The molecule has 33 heavy (non-hydrogen) atoms. The number of nitrogens with zero attached hydrogens (tertiary/aromatic N) is 1. The summed E-state index contributed by atoms with van der Waals surface area (Å²) in [7, 11) is 0. The van der Waals surface area contributed by atoms with Crippen LogP contribution in [0.25, 0.3) is 0 Å². The third-order valence-corrected chi connectivity index (χ3v) is 6.56. The van der Waals surface area contributed by atoms with E-state index < -0.39 is 17.3 Å². The molecular weight excluding hydrogens is 424 g/mol. The Bertz CT molecular complexity index is 1230. The van der Waals surface area contributed by atoms with Crippen LogP contribution in [0.1, 0.15) is 43.9 Å². The molecule has 2 aliphatic heterocycles. The van der Waals surface area contributed by atoms with Crippen LogP contribution >= 0.6 is 0 Å². The highest BCUT2D eigenvalue weighted by atomic mass is 16.5. The minimum absolute atomic E-state index is 0.0828. The number of fused-ring (bicyclic) bond motifs is 3. The van der Waals surface area contributed by atoms with Gasteiger partial charge >= 0.3 is 5.97 Å². The highest BCUT2D eigenvalue weighted by Crippen LogP contribution is 2.57. The van der Waals surface area contributed by atoms with Gasteiger partial charge in [-0.3, -0.25) is 9.59 Å². The number of para-hydroxylation sites is 1. The second kappa shape index (κ2) is 7.65. The highest BCUT2D eigenvalue weighted by molar-refractivity contribution is 6.23. The zero-order valence-corrected chi connectivity index (χ0v) is 18.4. The predicted molar refractivity (Wildman–Crippen MR) is 118 cm³/mol. The Kier molecular flexibility index (Phi) is 4.88. The number of allylic oxidation sites excluding steroid dienone is 1. The number of carbonyl (C=O) groups excluding carboxylic acids is 3. The number of hydrogen-bond donors (Lipinski definition) is 1. The van der Waals surface area contributed by atoms with E-state index in [1.807, 2.05) is 13.0 Å². The first-order valence-electron chi connectivity index (χ1n) is 11.0. The van der Waals surface area contributed by atoms with Crippen molar-refractivity contribution in [2.45, 2.75) is 38.0 Å². The Hall–Kier alpha value is -3.81. The van der Waals surface area contributed by atoms with Gasteiger partial charge in [0.1, 0.15) is 22.5 Å². The molecule has 8 heteroatoms. The molecule has 1 aromatic heterocycles. The van der Waals surface area contributed by atoms with Gasteiger partial charge in [0.15, 0.2) is 5.78 Å². The Morgan fingerprint density at radius 1 is 1.18 bits per heavy atom. The summed E-state index contributed by atoms with van der Waals surface area (Å²) >= 11 is 0. The number of amides is 1. The molecule has 2 atom stereocenters. The van der Waals surface area contributed by atoms with Crippen molar-refractivity contribution in [2.75, 3.05) is 18.1 Å². The smallest absolute Gasteiger partial charge is 0.341 e. The van der Waals surface area contributed by atoms with Gasteiger partial charge in [0.25, 0.3) is 0 Å². The number of rotatable bonds is 4. The fourth-order valence-corrected chi connectivity index (χ4v) is 5.32. The number of anilines is 1. The number of ketones is 1. The van der Waals surface area contributed by atoms with E-state index in [2.05, 4.69) is 0 Å². The van der Waals surface area contributed by atoms with Crippen molar-refractivity contribution in [2.24, 2.45) is 5.73 Å². The van der Waals surface area contributed by atoms with Crippen molar-refractivity contribution in [1.29, 1.82) is 0 Å². The van der Waals surface area contributed by atoms with Gasteiger partial charge in [-0.05, 0) is 32.0 Å². The molecule has 5 rings (SSSR count). The van der Waals surface area contributed by atoms with Gasteiger partial charge in [-0.15, -0.1) is 0 Å². The molecule has 8 nitrogen and oxygen atoms in total. The van der Waals surface area contributed by atoms with E-state index in [0.29, 0.717) is 35.7 Å². The van der Waals surface area contributed by atoms with E-state index in [-0.39, 0.29) is 41.8 Å². The van der Waals surface area contributed by atoms with Crippen molar-refractivity contribution in [3.05, 3.63) is 76.8 Å². The largest absolute Gasteiger partial charge is 0.469 e. The first kappa shape index (κ1) is 21.1. The number of hydrogen-bond acceptors (Lipinski definition) is 7. The number of benzene rings is 1. The van der Waals surface area contributed by atoms with E-state index in [1.165, 1.54) is 0 Å². The first-order chi connectivity index (χ1) is 15.9. The number of likely N-dealkylation sites (N-methyl/N-ethyl adjacent to an activating group) is 1. The van der Waals surface area contributed by atoms with Gasteiger partial charge in [-0.25, -0.2) is 4.79 Å². The topological polar surface area (TPSA) is 112 Å². The molecule has 3 heterocycles. The van der Waals surface area contributed by atoms with Gasteiger partial charge in [-0.2, -0.15) is 0 Å². The van der Waals surface area contributed by atoms with E-state index >= 15 is 0 Å². The number of carbonyl (C=O) groups is 3. The summed E-state index contributed by atoms with van der Waals surface area (Å²) in [5.41, 5.74) is 5.79. The summed E-state index contributed by atoms with van der Waals surface area (Å²) in [6.45, 7) is 3.95. The van der Waals surface area contributed by atoms with Crippen molar-refractivity contribution >= 4 is 23.3 Å². The molecule has 1 spiro atoms. The average Bonchev–Trinajstić information content (AvgIpc) is 3.40. The van der Waals surface area contributed by atoms with Gasteiger partial charge in [0.2, 0.25) is 11.8 Å². The number of Topliss-reactive ketones (excluding diaryl/α,β-unsaturated/α-hetero) is 1. The van der Waals surface area contributed by atoms with E-state index in [4.69, 9.17) is 19.6 Å². The van der Waals surface area contributed by atoms with Crippen molar-refractivity contribution in [3.8, 4) is 0 Å². The van der Waals surface area contributed by atoms with E-state index in [0.717, 1.165) is 0 Å². The Labute approximate surface area is 190 Å². The first-order valence-corrected chi connectivity index (χ1v) is 11.0. The van der Waals surface area contributed by atoms with Crippen LogP contribution in [0.2, 0.25) is 0 Å². The summed E-state index contributed by atoms with van der Waals surface area (Å²) in [6, 6.07) is 10.7. The van der Waals surface area contributed by atoms with Crippen LogP contribution in [0.5, 0.6) is 0 Å². The van der Waals surface area contributed by atoms with Crippen LogP contribution in [0.15, 0.2) is 69.9 Å². The molecule has 0 radical (unpaired) electrons. The Morgan fingerprint density at radius 3 is 2.67 bits per heavy atom. The molecule has 1 aliphatic carbocycles. The molecule has 0 saturated carbocycles. The lowest BCUT2D eigenvalue weighted by molar-refractivity contribution is -0.141. The van der Waals surface area contributed by atoms with Gasteiger partial charge in [0.05, 0.1) is 18.4 Å². The minimum Gasteiger partial charge on any atom is -0.469 e. The fraction of sp³-hybridized carbons (Fsp3) is 0.320. The lowest BCUT2D eigenvalue weighted by Gasteiger charge is -2.40. The maximum Gasteiger partial charge on any atom is 0.341 e. The van der Waals surface area contributed by atoms with Crippen LogP contribution in [0.3, 0.4) is 0 Å². The van der Waals surface area contributed by atoms with Crippen molar-refractivity contribution in [3.63, 3.8) is 0 Å². The van der Waals surface area contributed by atoms with Crippen LogP contribution in [-0.2, 0) is 29.3 Å². The molecule has 0 bridgehead atoms. The summed E-state index contributed by atoms with van der Waals surface area (Å²) in [5.74, 6) is -0.996. The van der Waals surface area contributed by atoms with Gasteiger partial charge in [0, 0.05) is 36.6 Å². The molecule has 2 N–H and O–H groups in total. The van der Waals surface area contributed by atoms with E-state index in [1.54, 1.807) is 48.4 Å². The maximum atomic E-state index is 14.1. The minimum atomic E-state index is -1.71. The molecule has 170 valence electrons. The fourth-order valence-electron chi connectivity index (χ4n) is 5.32. The second-order valence-electron chi connectivity index (χ2n) is 8.22. The number of esters is 1. The summed E-state index contributed by atoms with van der Waals surface area (Å²) in [5, 5.41) is 0. The third kappa shape index (κ3) is 2.79. The lowest BCUT2D eigenvalue weighted by atomic mass is 9.63. The normalized spacial score (nSPS) is 24.2. The van der Waals surface area contributed by atoms with E-state index in [9.17, 15) is 14.4 Å². The summed E-state index contributed by atoms with van der Waals surface area (Å²) in [4.78, 5) is 42.6. The van der Waals surface area contributed by atoms with Crippen molar-refractivity contribution < 1.29 is 28.3 Å². The zero-order chi connectivity index (χ0) is 23.3. The quantitative estimate of drug-likeness (QED) is 0.716. The molecule has 3 aliphatic rings. The highest BCUT2D eigenvalue weighted by Gasteiger charge is 2.64. The third-order valence-electron chi connectivity index (χ3n) is 6.56. The zero-order valence-electron chi connectivity index (χ0n) is 18.4. The second-order valence-corrected chi connectivity index (χ2v) is 8.22. The molecule has 1 amide bonds. The molecule has 0 saturated heterocycles. The summed E-state index contributed by atoms with van der Waals surface area (Å²) < 4.78 is 16.7. The number of furan rings is 1. The van der Waals surface area contributed by atoms with Crippen LogP contribution in [0.4, 0.5) is 5.69 Å². The number of nitrogens with two attached hydrogens (primary N) is 1. The van der Waals surface area contributed by atoms with Crippen molar-refractivity contribution in [1.82, 2.24) is 0 Å². The van der Waals surface area contributed by atoms with Crippen LogP contribution in [0, 0.1) is 0 Å². The number of ether oxygens (including phenoxy) is 2. The molecule has 0 fully saturated rings. The molecule has 2 unspecified atom stereocenters. The van der Waals surface area contributed by atoms with Crippen LogP contribution < -0.4 is 10.6 Å². The molecule has 1 aromatic carbocycles. The Morgan fingerprint density at radius 2 is 1.97 bits per heavy atom. The van der Waals surface area contributed by atoms with Gasteiger partial charge < -0.3 is 24.5 Å². The average molecular weight is 448 g/mol. The lowest BCUT2D eigenvalue weighted by Crippen LogP contribution is -2.51. The van der Waals surface area contributed by atoms with Gasteiger partial charge in [-0.1, -0.05) is 18.2 Å².